The number of hydrogen-bond acceptors (Lipinski definition) is 2. The molecule has 0 fully saturated rings. The number of fused-ring (bicyclic) bond motifs is 1. The third-order valence-corrected chi connectivity index (χ3v) is 3.88. The SMILES string of the molecule is N#Cc1ccc(C(=O)Cn2ccc3cc(Br)ccc32)cc1. The summed E-state index contributed by atoms with van der Waals surface area (Å²) in [5.74, 6) is 0.0277. The molecule has 0 amide bonds. The summed E-state index contributed by atoms with van der Waals surface area (Å²) in [6, 6.07) is 16.7. The van der Waals surface area contributed by atoms with Crippen molar-refractivity contribution in [3.63, 3.8) is 0 Å². The Labute approximate surface area is 130 Å². The maximum absolute atomic E-state index is 12.3. The zero-order valence-electron chi connectivity index (χ0n) is 11.1. The predicted molar refractivity (Wildman–Crippen MR) is 85.1 cm³/mol. The van der Waals surface area contributed by atoms with Crippen molar-refractivity contribution < 1.29 is 4.79 Å². The number of nitrogens with zero attached hydrogens (tertiary/aromatic N) is 2. The van der Waals surface area contributed by atoms with E-state index in [-0.39, 0.29) is 12.3 Å². The zero-order chi connectivity index (χ0) is 14.8. The third-order valence-electron chi connectivity index (χ3n) is 3.38. The van der Waals surface area contributed by atoms with Crippen molar-refractivity contribution in [2.45, 2.75) is 6.54 Å². The molecular formula is C17H11BrN2O. The van der Waals surface area contributed by atoms with Gasteiger partial charge in [0.05, 0.1) is 18.2 Å². The van der Waals surface area contributed by atoms with E-state index < -0.39 is 0 Å². The Balaban J connectivity index is 1.87. The van der Waals surface area contributed by atoms with Crippen molar-refractivity contribution >= 4 is 32.6 Å². The highest BCUT2D eigenvalue weighted by Crippen LogP contribution is 2.21. The number of benzene rings is 2. The minimum absolute atomic E-state index is 0.0277. The number of Topliss-reactive ketones (excluding diaryl/α,β-unsaturated/α-hetero) is 1. The standard InChI is InChI=1S/C17H11BrN2O/c18-15-5-6-16-14(9-15)7-8-20(16)11-17(21)13-3-1-12(10-19)2-4-13/h1-9H,11H2. The van der Waals surface area contributed by atoms with E-state index in [9.17, 15) is 4.79 Å². The van der Waals surface area contributed by atoms with Gasteiger partial charge < -0.3 is 4.57 Å². The quantitative estimate of drug-likeness (QED) is 0.673. The van der Waals surface area contributed by atoms with Gasteiger partial charge in [0, 0.05) is 27.1 Å². The fraction of sp³-hybridized carbons (Fsp3) is 0.0588. The number of ketones is 1. The van der Waals surface area contributed by atoms with Gasteiger partial charge in [0.15, 0.2) is 5.78 Å². The molecule has 3 rings (SSSR count). The van der Waals surface area contributed by atoms with Crippen LogP contribution in [0.5, 0.6) is 0 Å². The van der Waals surface area contributed by atoms with Gasteiger partial charge in [0.2, 0.25) is 0 Å². The molecule has 1 aromatic heterocycles. The van der Waals surface area contributed by atoms with E-state index in [0.717, 1.165) is 15.4 Å². The van der Waals surface area contributed by atoms with Crippen LogP contribution in [0.4, 0.5) is 0 Å². The van der Waals surface area contributed by atoms with Crippen molar-refractivity contribution in [3.05, 3.63) is 70.3 Å². The molecule has 0 unspecified atom stereocenters. The lowest BCUT2D eigenvalue weighted by Gasteiger charge is -2.05. The van der Waals surface area contributed by atoms with Gasteiger partial charge in [-0.2, -0.15) is 5.26 Å². The Bertz CT molecular complexity index is 857. The number of halogens is 1. The minimum atomic E-state index is 0.0277. The van der Waals surface area contributed by atoms with E-state index >= 15 is 0 Å². The molecule has 0 N–H and O–H groups in total. The van der Waals surface area contributed by atoms with Crippen molar-refractivity contribution in [3.8, 4) is 6.07 Å². The number of carbonyl (C=O) groups excluding carboxylic acids is 1. The fourth-order valence-corrected chi connectivity index (χ4v) is 2.66. The van der Waals surface area contributed by atoms with Crippen LogP contribution in [0, 0.1) is 11.3 Å². The number of rotatable bonds is 3. The summed E-state index contributed by atoms with van der Waals surface area (Å²) >= 11 is 3.44. The van der Waals surface area contributed by atoms with Gasteiger partial charge in [0.25, 0.3) is 0 Å². The molecule has 0 radical (unpaired) electrons. The summed E-state index contributed by atoms with van der Waals surface area (Å²) < 4.78 is 2.95. The lowest BCUT2D eigenvalue weighted by atomic mass is 10.1. The molecule has 21 heavy (non-hydrogen) atoms. The summed E-state index contributed by atoms with van der Waals surface area (Å²) in [5, 5.41) is 9.87. The smallest absolute Gasteiger partial charge is 0.182 e. The summed E-state index contributed by atoms with van der Waals surface area (Å²) in [4.78, 5) is 12.3. The van der Waals surface area contributed by atoms with Gasteiger partial charge in [0.1, 0.15) is 0 Å². The fourth-order valence-electron chi connectivity index (χ4n) is 2.29. The van der Waals surface area contributed by atoms with Gasteiger partial charge in [-0.25, -0.2) is 0 Å². The number of hydrogen-bond donors (Lipinski definition) is 0. The summed E-state index contributed by atoms with van der Waals surface area (Å²) in [6.07, 6.45) is 1.92. The van der Waals surface area contributed by atoms with Crippen LogP contribution in [0.25, 0.3) is 10.9 Å². The van der Waals surface area contributed by atoms with Gasteiger partial charge in [-0.3, -0.25) is 4.79 Å². The molecule has 0 atom stereocenters. The van der Waals surface area contributed by atoms with Crippen molar-refractivity contribution in [1.82, 2.24) is 4.57 Å². The highest BCUT2D eigenvalue weighted by molar-refractivity contribution is 9.10. The molecule has 2 aromatic carbocycles. The largest absolute Gasteiger partial charge is 0.340 e. The van der Waals surface area contributed by atoms with E-state index in [1.807, 2.05) is 41.1 Å². The van der Waals surface area contributed by atoms with Crippen LogP contribution in [0.3, 0.4) is 0 Å². The molecule has 102 valence electrons. The van der Waals surface area contributed by atoms with Crippen LogP contribution in [0.1, 0.15) is 15.9 Å². The Morgan fingerprint density at radius 3 is 2.62 bits per heavy atom. The third kappa shape index (κ3) is 2.74. The maximum atomic E-state index is 12.3. The molecule has 3 nitrogen and oxygen atoms in total. The van der Waals surface area contributed by atoms with Crippen LogP contribution in [0.15, 0.2) is 59.2 Å². The van der Waals surface area contributed by atoms with Crippen LogP contribution < -0.4 is 0 Å². The average molecular weight is 339 g/mol. The highest BCUT2D eigenvalue weighted by atomic mass is 79.9. The van der Waals surface area contributed by atoms with Crippen molar-refractivity contribution in [2.24, 2.45) is 0 Å². The summed E-state index contributed by atoms with van der Waals surface area (Å²) in [6.45, 7) is 0.289. The van der Waals surface area contributed by atoms with E-state index in [2.05, 4.69) is 15.9 Å². The molecule has 0 bridgehead atoms. The highest BCUT2D eigenvalue weighted by Gasteiger charge is 2.09. The molecule has 0 aliphatic carbocycles. The molecule has 0 aliphatic heterocycles. The topological polar surface area (TPSA) is 45.8 Å². The van der Waals surface area contributed by atoms with Gasteiger partial charge in [-0.05, 0) is 36.4 Å². The molecule has 0 spiro atoms. The first kappa shape index (κ1) is 13.6. The second-order valence-corrected chi connectivity index (χ2v) is 5.67. The van der Waals surface area contributed by atoms with Crippen molar-refractivity contribution in [2.75, 3.05) is 0 Å². The monoisotopic (exact) mass is 338 g/mol. The van der Waals surface area contributed by atoms with Gasteiger partial charge in [-0.1, -0.05) is 28.1 Å². The van der Waals surface area contributed by atoms with Gasteiger partial charge >= 0.3 is 0 Å². The molecular weight excluding hydrogens is 328 g/mol. The number of nitriles is 1. The molecule has 0 aliphatic rings. The number of aromatic nitrogens is 1. The zero-order valence-corrected chi connectivity index (χ0v) is 12.7. The molecule has 1 heterocycles. The van der Waals surface area contributed by atoms with Crippen LogP contribution in [0.2, 0.25) is 0 Å². The molecule has 3 aromatic rings. The molecule has 0 saturated heterocycles. The Morgan fingerprint density at radius 2 is 1.90 bits per heavy atom. The Hall–Kier alpha value is -2.38. The average Bonchev–Trinajstić information content (AvgIpc) is 2.89. The Morgan fingerprint density at radius 1 is 1.14 bits per heavy atom. The molecule has 4 heteroatoms. The van der Waals surface area contributed by atoms with E-state index in [0.29, 0.717) is 11.1 Å². The first-order chi connectivity index (χ1) is 10.2. The van der Waals surface area contributed by atoms with E-state index in [4.69, 9.17) is 5.26 Å². The van der Waals surface area contributed by atoms with Crippen molar-refractivity contribution in [1.29, 1.82) is 5.26 Å². The van der Waals surface area contributed by atoms with E-state index in [1.54, 1.807) is 24.3 Å². The second-order valence-electron chi connectivity index (χ2n) is 4.76. The lowest BCUT2D eigenvalue weighted by Crippen LogP contribution is -2.09. The normalized spacial score (nSPS) is 10.5. The minimum Gasteiger partial charge on any atom is -0.340 e. The van der Waals surface area contributed by atoms with Crippen LogP contribution in [-0.2, 0) is 6.54 Å². The lowest BCUT2D eigenvalue weighted by molar-refractivity contribution is 0.0973. The maximum Gasteiger partial charge on any atom is 0.182 e. The van der Waals surface area contributed by atoms with Gasteiger partial charge in [-0.15, -0.1) is 0 Å². The number of carbonyl (C=O) groups is 1. The molecule has 0 saturated carbocycles. The Kier molecular flexibility index (Phi) is 3.59. The van der Waals surface area contributed by atoms with Crippen LogP contribution >= 0.6 is 15.9 Å². The summed E-state index contributed by atoms with van der Waals surface area (Å²) in [5.41, 5.74) is 2.20. The van der Waals surface area contributed by atoms with Crippen LogP contribution in [-0.4, -0.2) is 10.4 Å². The predicted octanol–water partition coefficient (Wildman–Crippen LogP) is 4.16. The second kappa shape index (κ2) is 5.55. The van der Waals surface area contributed by atoms with E-state index in [1.165, 1.54) is 0 Å². The first-order valence-electron chi connectivity index (χ1n) is 6.45. The summed E-state index contributed by atoms with van der Waals surface area (Å²) in [7, 11) is 0. The first-order valence-corrected chi connectivity index (χ1v) is 7.24.